The summed E-state index contributed by atoms with van der Waals surface area (Å²) < 4.78 is 18.8. The number of hydrogen-bond donors (Lipinski definition) is 1. The lowest BCUT2D eigenvalue weighted by molar-refractivity contribution is 0.457. The highest BCUT2D eigenvalue weighted by molar-refractivity contribution is 6.31. The molecule has 0 aliphatic rings. The summed E-state index contributed by atoms with van der Waals surface area (Å²) >= 11 is 6.07. The number of hydrogen-bond acceptors (Lipinski definition) is 3. The predicted octanol–water partition coefficient (Wildman–Crippen LogP) is 4.08. The molecule has 0 fully saturated rings. The Morgan fingerprint density at radius 3 is 2.80 bits per heavy atom. The van der Waals surface area contributed by atoms with Gasteiger partial charge in [0.2, 0.25) is 5.88 Å². The van der Waals surface area contributed by atoms with Crippen molar-refractivity contribution >= 4 is 11.6 Å². The van der Waals surface area contributed by atoms with Crippen molar-refractivity contribution in [1.82, 2.24) is 10.3 Å². The van der Waals surface area contributed by atoms with Gasteiger partial charge in [-0.1, -0.05) is 18.5 Å². The third-order valence-electron chi connectivity index (χ3n) is 2.79. The Bertz CT molecular complexity index is 604. The van der Waals surface area contributed by atoms with E-state index in [1.54, 1.807) is 31.2 Å². The highest BCUT2D eigenvalue weighted by Crippen LogP contribution is 2.24. The molecule has 0 unspecified atom stereocenters. The maximum atomic E-state index is 13.2. The fourth-order valence-electron chi connectivity index (χ4n) is 1.69. The topological polar surface area (TPSA) is 34.2 Å². The molecule has 3 nitrogen and oxygen atoms in total. The molecule has 1 heterocycles. The van der Waals surface area contributed by atoms with Crippen molar-refractivity contribution in [2.75, 3.05) is 6.54 Å². The van der Waals surface area contributed by atoms with E-state index in [0.29, 0.717) is 28.8 Å². The quantitative estimate of drug-likeness (QED) is 0.902. The van der Waals surface area contributed by atoms with Crippen molar-refractivity contribution in [1.29, 1.82) is 0 Å². The zero-order chi connectivity index (χ0) is 14.5. The van der Waals surface area contributed by atoms with Gasteiger partial charge in [0, 0.05) is 12.6 Å². The summed E-state index contributed by atoms with van der Waals surface area (Å²) in [5, 5.41) is 3.75. The van der Waals surface area contributed by atoms with Gasteiger partial charge in [0.05, 0.1) is 10.7 Å². The van der Waals surface area contributed by atoms with Gasteiger partial charge in [0.1, 0.15) is 11.6 Å². The molecule has 0 amide bonds. The van der Waals surface area contributed by atoms with Crippen molar-refractivity contribution in [3.8, 4) is 11.6 Å². The van der Waals surface area contributed by atoms with E-state index in [4.69, 9.17) is 16.3 Å². The summed E-state index contributed by atoms with van der Waals surface area (Å²) in [7, 11) is 0. The van der Waals surface area contributed by atoms with Crippen LogP contribution in [0, 0.1) is 12.7 Å². The van der Waals surface area contributed by atoms with Gasteiger partial charge in [-0.3, -0.25) is 0 Å². The Labute approximate surface area is 122 Å². The molecule has 0 spiro atoms. The number of pyridine rings is 1. The second kappa shape index (κ2) is 6.68. The van der Waals surface area contributed by atoms with Gasteiger partial charge in [-0.05, 0) is 43.3 Å². The van der Waals surface area contributed by atoms with E-state index < -0.39 is 0 Å². The largest absolute Gasteiger partial charge is 0.439 e. The van der Waals surface area contributed by atoms with Crippen molar-refractivity contribution in [3.05, 3.63) is 52.4 Å². The average Bonchev–Trinajstić information content (AvgIpc) is 2.43. The second-order valence-electron chi connectivity index (χ2n) is 4.37. The summed E-state index contributed by atoms with van der Waals surface area (Å²) in [4.78, 5) is 4.35. The van der Waals surface area contributed by atoms with Crippen LogP contribution >= 0.6 is 11.6 Å². The van der Waals surface area contributed by atoms with E-state index in [-0.39, 0.29) is 5.82 Å². The monoisotopic (exact) mass is 294 g/mol. The summed E-state index contributed by atoms with van der Waals surface area (Å²) in [5.41, 5.74) is 1.26. The van der Waals surface area contributed by atoms with Crippen LogP contribution in [0.3, 0.4) is 0 Å². The molecule has 1 aromatic carbocycles. The number of aromatic nitrogens is 1. The Morgan fingerprint density at radius 1 is 1.30 bits per heavy atom. The van der Waals surface area contributed by atoms with Crippen LogP contribution in [0.2, 0.25) is 5.02 Å². The maximum Gasteiger partial charge on any atom is 0.219 e. The van der Waals surface area contributed by atoms with E-state index >= 15 is 0 Å². The second-order valence-corrected chi connectivity index (χ2v) is 4.78. The van der Waals surface area contributed by atoms with Gasteiger partial charge < -0.3 is 10.1 Å². The molecule has 0 saturated heterocycles. The molecule has 1 N–H and O–H groups in total. The van der Waals surface area contributed by atoms with E-state index in [0.717, 1.165) is 12.2 Å². The number of ether oxygens (including phenoxy) is 1. The summed E-state index contributed by atoms with van der Waals surface area (Å²) in [6.45, 7) is 5.11. The summed E-state index contributed by atoms with van der Waals surface area (Å²) in [6.07, 6.45) is 0. The first kappa shape index (κ1) is 14.8. The number of benzene rings is 1. The van der Waals surface area contributed by atoms with Crippen LogP contribution < -0.4 is 10.1 Å². The zero-order valence-corrected chi connectivity index (χ0v) is 12.2. The van der Waals surface area contributed by atoms with Gasteiger partial charge in [-0.25, -0.2) is 9.37 Å². The minimum Gasteiger partial charge on any atom is -0.439 e. The summed E-state index contributed by atoms with van der Waals surface area (Å²) in [6, 6.07) is 8.02. The van der Waals surface area contributed by atoms with Crippen LogP contribution in [-0.2, 0) is 6.54 Å². The molecule has 0 atom stereocenters. The van der Waals surface area contributed by atoms with Crippen molar-refractivity contribution in [3.63, 3.8) is 0 Å². The zero-order valence-electron chi connectivity index (χ0n) is 11.4. The Hall–Kier alpha value is -1.65. The number of halogens is 2. The molecule has 0 aliphatic heterocycles. The molecular formula is C15H16ClFN2O. The third-order valence-corrected chi connectivity index (χ3v) is 3.13. The molecule has 0 bridgehead atoms. The van der Waals surface area contributed by atoms with Gasteiger partial charge in [-0.2, -0.15) is 0 Å². The van der Waals surface area contributed by atoms with Crippen molar-refractivity contribution in [2.24, 2.45) is 0 Å². The lowest BCUT2D eigenvalue weighted by Gasteiger charge is -2.09. The van der Waals surface area contributed by atoms with Crippen LogP contribution in [0.5, 0.6) is 11.6 Å². The molecule has 5 heteroatoms. The van der Waals surface area contributed by atoms with Crippen molar-refractivity contribution in [2.45, 2.75) is 20.4 Å². The Kier molecular flexibility index (Phi) is 4.93. The number of aryl methyl sites for hydroxylation is 1. The van der Waals surface area contributed by atoms with Gasteiger partial charge in [0.25, 0.3) is 0 Å². The molecule has 20 heavy (non-hydrogen) atoms. The van der Waals surface area contributed by atoms with Crippen molar-refractivity contribution < 1.29 is 9.13 Å². The molecule has 0 saturated carbocycles. The lowest BCUT2D eigenvalue weighted by atomic mass is 10.2. The molecular weight excluding hydrogens is 279 g/mol. The first-order chi connectivity index (χ1) is 9.60. The van der Waals surface area contributed by atoms with E-state index in [1.165, 1.54) is 6.07 Å². The molecule has 106 valence electrons. The first-order valence-corrected chi connectivity index (χ1v) is 6.78. The van der Waals surface area contributed by atoms with Crippen LogP contribution in [0.4, 0.5) is 4.39 Å². The minimum atomic E-state index is -0.255. The highest BCUT2D eigenvalue weighted by atomic mass is 35.5. The smallest absolute Gasteiger partial charge is 0.219 e. The van der Waals surface area contributed by atoms with Gasteiger partial charge in [0.15, 0.2) is 0 Å². The van der Waals surface area contributed by atoms with E-state index in [1.807, 2.05) is 6.92 Å². The van der Waals surface area contributed by atoms with Crippen LogP contribution in [0.1, 0.15) is 18.2 Å². The molecule has 2 aromatic rings. The molecule has 1 aromatic heterocycles. The number of rotatable bonds is 5. The van der Waals surface area contributed by atoms with Gasteiger partial charge in [-0.15, -0.1) is 0 Å². The number of nitrogens with one attached hydrogen (secondary N) is 1. The SMILES string of the molecule is CCNCc1nc(Oc2ccc(F)c(C)c2)ccc1Cl. The molecule has 2 rings (SSSR count). The fraction of sp³-hybridized carbons (Fsp3) is 0.267. The molecule has 0 radical (unpaired) electrons. The van der Waals surface area contributed by atoms with E-state index in [9.17, 15) is 4.39 Å². The van der Waals surface area contributed by atoms with Gasteiger partial charge >= 0.3 is 0 Å². The first-order valence-electron chi connectivity index (χ1n) is 6.40. The Balaban J connectivity index is 2.18. The maximum absolute atomic E-state index is 13.2. The lowest BCUT2D eigenvalue weighted by Crippen LogP contribution is -2.13. The third kappa shape index (κ3) is 3.68. The van der Waals surface area contributed by atoms with Crippen LogP contribution in [0.25, 0.3) is 0 Å². The fourth-order valence-corrected chi connectivity index (χ4v) is 1.86. The number of nitrogens with zero attached hydrogens (tertiary/aromatic N) is 1. The minimum absolute atomic E-state index is 0.255. The van der Waals surface area contributed by atoms with E-state index in [2.05, 4.69) is 10.3 Å². The normalized spacial score (nSPS) is 10.6. The van der Waals surface area contributed by atoms with Crippen LogP contribution in [-0.4, -0.2) is 11.5 Å². The Morgan fingerprint density at radius 2 is 2.10 bits per heavy atom. The van der Waals surface area contributed by atoms with Crippen LogP contribution in [0.15, 0.2) is 30.3 Å². The molecule has 0 aliphatic carbocycles. The highest BCUT2D eigenvalue weighted by Gasteiger charge is 2.06. The summed E-state index contributed by atoms with van der Waals surface area (Å²) in [5.74, 6) is 0.732. The average molecular weight is 295 g/mol. The predicted molar refractivity (Wildman–Crippen MR) is 77.8 cm³/mol. The standard InChI is InChI=1S/C15H16ClFN2O/c1-3-18-9-14-12(16)5-7-15(19-14)20-11-4-6-13(17)10(2)8-11/h4-8,18H,3,9H2,1-2H3.